The number of hydrogen-bond donors (Lipinski definition) is 3. The summed E-state index contributed by atoms with van der Waals surface area (Å²) in [5.41, 5.74) is 1.22. The molecule has 0 fully saturated rings. The molecule has 160 valence electrons. The van der Waals surface area contributed by atoms with E-state index >= 15 is 0 Å². The molecule has 0 bridgehead atoms. The van der Waals surface area contributed by atoms with Crippen LogP contribution in [0.5, 0.6) is 0 Å². The van der Waals surface area contributed by atoms with Crippen LogP contribution in [0.3, 0.4) is 0 Å². The van der Waals surface area contributed by atoms with E-state index in [0.717, 1.165) is 12.1 Å². The van der Waals surface area contributed by atoms with E-state index in [1.165, 1.54) is 25.4 Å². The van der Waals surface area contributed by atoms with Crippen LogP contribution in [-0.4, -0.2) is 29.1 Å². The highest BCUT2D eigenvalue weighted by Crippen LogP contribution is 2.28. The highest BCUT2D eigenvalue weighted by atomic mass is 32.2. The minimum atomic E-state index is -4.90. The van der Waals surface area contributed by atoms with Crippen LogP contribution < -0.4 is 5.48 Å². The van der Waals surface area contributed by atoms with Gasteiger partial charge in [0.1, 0.15) is 10.7 Å². The lowest BCUT2D eigenvalue weighted by Crippen LogP contribution is -2.37. The fraction of sp³-hybridized carbons (Fsp3) is 0.294. The highest BCUT2D eigenvalue weighted by Gasteiger charge is 2.34. The molecule has 3 N–H and O–H groups in total. The highest BCUT2D eigenvalue weighted by molar-refractivity contribution is 7.89. The number of hydroxylamine groups is 1. The predicted molar refractivity (Wildman–Crippen MR) is 90.4 cm³/mol. The minimum absolute atomic E-state index is 0.0151. The van der Waals surface area contributed by atoms with E-state index in [4.69, 9.17) is 5.21 Å². The van der Waals surface area contributed by atoms with Gasteiger partial charge in [-0.1, -0.05) is 12.1 Å². The number of hydrogen-bond acceptors (Lipinski definition) is 5. The van der Waals surface area contributed by atoms with E-state index in [1.54, 1.807) is 0 Å². The molecule has 0 radical (unpaired) electrons. The van der Waals surface area contributed by atoms with Gasteiger partial charge in [-0.15, -0.1) is 0 Å². The Morgan fingerprint density at radius 2 is 1.62 bits per heavy atom. The second kappa shape index (κ2) is 8.71. The van der Waals surface area contributed by atoms with Crippen molar-refractivity contribution in [2.24, 2.45) is 0 Å². The lowest BCUT2D eigenvalue weighted by atomic mass is 10.1. The smallest absolute Gasteiger partial charge is 0.246 e. The van der Waals surface area contributed by atoms with Gasteiger partial charge in [0, 0.05) is 29.8 Å². The summed E-state index contributed by atoms with van der Waals surface area (Å²) in [4.78, 5) is -1.43. The van der Waals surface area contributed by atoms with E-state index in [1.807, 2.05) is 0 Å². The van der Waals surface area contributed by atoms with Crippen molar-refractivity contribution in [3.8, 4) is 0 Å². The zero-order chi connectivity index (χ0) is 22.1. The summed E-state index contributed by atoms with van der Waals surface area (Å²) in [7, 11) is -4.90. The van der Waals surface area contributed by atoms with Gasteiger partial charge in [0.15, 0.2) is 29.5 Å². The van der Waals surface area contributed by atoms with Crippen LogP contribution in [0.4, 0.5) is 22.0 Å². The molecule has 0 amide bonds. The third kappa shape index (κ3) is 4.56. The first-order valence-corrected chi connectivity index (χ1v) is 9.56. The summed E-state index contributed by atoms with van der Waals surface area (Å²) in [5.74, 6) is -9.40. The molecule has 0 aliphatic carbocycles. The van der Waals surface area contributed by atoms with Gasteiger partial charge in [-0.05, 0) is 19.9 Å². The Morgan fingerprint density at radius 3 is 2.14 bits per heavy atom. The number of sulfonamides is 1. The lowest BCUT2D eigenvalue weighted by Gasteiger charge is -2.26. The fourth-order valence-electron chi connectivity index (χ4n) is 2.51. The molecule has 0 saturated heterocycles. The van der Waals surface area contributed by atoms with E-state index in [9.17, 15) is 35.5 Å². The van der Waals surface area contributed by atoms with Crippen LogP contribution >= 0.6 is 0 Å². The molecule has 0 saturated carbocycles. The van der Waals surface area contributed by atoms with Crippen molar-refractivity contribution in [1.29, 1.82) is 0 Å². The molecule has 2 rings (SSSR count). The summed E-state index contributed by atoms with van der Waals surface area (Å²) in [6.07, 6.45) is -1.59. The van der Waals surface area contributed by atoms with Gasteiger partial charge in [0.25, 0.3) is 0 Å². The fourth-order valence-corrected chi connectivity index (χ4v) is 4.20. The number of benzene rings is 2. The average Bonchev–Trinajstić information content (AvgIpc) is 2.66. The van der Waals surface area contributed by atoms with E-state index in [-0.39, 0.29) is 17.2 Å². The van der Waals surface area contributed by atoms with Crippen molar-refractivity contribution in [1.82, 2.24) is 9.79 Å². The molecule has 12 heteroatoms. The Morgan fingerprint density at radius 1 is 1.00 bits per heavy atom. The molecule has 6 nitrogen and oxygen atoms in total. The molecule has 0 aromatic heterocycles. The third-order valence-corrected chi connectivity index (χ3v) is 6.09. The largest absolute Gasteiger partial charge is 0.372 e. The van der Waals surface area contributed by atoms with Crippen molar-refractivity contribution in [2.45, 2.75) is 37.6 Å². The van der Waals surface area contributed by atoms with Gasteiger partial charge < -0.3 is 10.3 Å². The topological polar surface area (TPSA) is 89.9 Å². The summed E-state index contributed by atoms with van der Waals surface area (Å²) in [6, 6.07) is 2.24. The number of aliphatic hydroxyl groups excluding tert-OH is 1. The zero-order valence-corrected chi connectivity index (χ0v) is 15.9. The van der Waals surface area contributed by atoms with E-state index in [2.05, 4.69) is 0 Å². The quantitative estimate of drug-likeness (QED) is 0.203. The Hall–Kier alpha value is -2.12. The Labute approximate surface area is 163 Å². The minimum Gasteiger partial charge on any atom is -0.372 e. The van der Waals surface area contributed by atoms with Gasteiger partial charge in [-0.3, -0.25) is 0 Å². The predicted octanol–water partition coefficient (Wildman–Crippen LogP) is 2.95. The lowest BCUT2D eigenvalue weighted by molar-refractivity contribution is 0.000522. The summed E-state index contributed by atoms with van der Waals surface area (Å²) >= 11 is 0. The Bertz CT molecular complexity index is 1020. The van der Waals surface area contributed by atoms with Gasteiger partial charge in [0.05, 0.1) is 0 Å². The van der Waals surface area contributed by atoms with Gasteiger partial charge >= 0.3 is 0 Å². The Kier molecular flexibility index (Phi) is 6.96. The van der Waals surface area contributed by atoms with E-state index in [0.29, 0.717) is 4.31 Å². The standard InChI is InChI=1S/C17H17F5N2O4S/c1-8(2)24(7-10-4-3-9(5-11(10)18)17(25)23-26)29(27,28)13-6-12(19)14(20)16(22)15(13)21/h3-6,8,17,23,25-26H,7H2,1-2H3. The summed E-state index contributed by atoms with van der Waals surface area (Å²) < 4.78 is 94.6. The van der Waals surface area contributed by atoms with Crippen LogP contribution in [0.15, 0.2) is 29.2 Å². The van der Waals surface area contributed by atoms with Crippen LogP contribution in [0.1, 0.15) is 31.2 Å². The maximum atomic E-state index is 14.3. The number of nitrogens with one attached hydrogen (secondary N) is 1. The molecule has 0 spiro atoms. The molecule has 0 aliphatic rings. The molecule has 0 aliphatic heterocycles. The molecular weight excluding hydrogens is 423 g/mol. The van der Waals surface area contributed by atoms with Crippen molar-refractivity contribution in [3.63, 3.8) is 0 Å². The Balaban J connectivity index is 2.50. The van der Waals surface area contributed by atoms with Gasteiger partial charge in [-0.2, -0.15) is 9.79 Å². The first-order chi connectivity index (χ1) is 13.4. The van der Waals surface area contributed by atoms with Gasteiger partial charge in [-0.25, -0.2) is 30.4 Å². The second-order valence-corrected chi connectivity index (χ2v) is 8.18. The van der Waals surface area contributed by atoms with E-state index < -0.39 is 62.8 Å². The first-order valence-electron chi connectivity index (χ1n) is 8.12. The van der Waals surface area contributed by atoms with Crippen LogP contribution in [0.2, 0.25) is 0 Å². The molecule has 2 aromatic rings. The first kappa shape index (κ1) is 23.2. The molecule has 1 unspecified atom stereocenters. The summed E-state index contributed by atoms with van der Waals surface area (Å²) in [6.45, 7) is 2.06. The van der Waals surface area contributed by atoms with Crippen LogP contribution in [0, 0.1) is 29.1 Å². The second-order valence-electron chi connectivity index (χ2n) is 6.32. The zero-order valence-electron chi connectivity index (χ0n) is 15.1. The van der Waals surface area contributed by atoms with Crippen molar-refractivity contribution < 1.29 is 40.7 Å². The monoisotopic (exact) mass is 440 g/mol. The molecule has 2 aromatic carbocycles. The molecular formula is C17H17F5N2O4S. The maximum absolute atomic E-state index is 14.3. The SMILES string of the molecule is CC(C)N(Cc1ccc(C(O)NO)cc1F)S(=O)(=O)c1cc(F)c(F)c(F)c1F. The van der Waals surface area contributed by atoms with Crippen LogP contribution in [-0.2, 0) is 16.6 Å². The normalized spacial score (nSPS) is 13.3. The number of nitrogens with zero attached hydrogens (tertiary/aromatic N) is 1. The average molecular weight is 440 g/mol. The molecule has 1 atom stereocenters. The van der Waals surface area contributed by atoms with Gasteiger partial charge in [0.2, 0.25) is 10.0 Å². The van der Waals surface area contributed by atoms with Crippen LogP contribution in [0.25, 0.3) is 0 Å². The maximum Gasteiger partial charge on any atom is 0.246 e. The molecule has 29 heavy (non-hydrogen) atoms. The molecule has 0 heterocycles. The van der Waals surface area contributed by atoms with Crippen molar-refractivity contribution in [3.05, 3.63) is 64.5 Å². The summed E-state index contributed by atoms with van der Waals surface area (Å²) in [5, 5.41) is 18.1. The van der Waals surface area contributed by atoms with Crippen molar-refractivity contribution in [2.75, 3.05) is 0 Å². The van der Waals surface area contributed by atoms with Crippen molar-refractivity contribution >= 4 is 10.0 Å². The number of halogens is 5. The number of aliphatic hydroxyl groups is 1. The third-order valence-electron chi connectivity index (χ3n) is 4.07. The number of rotatable bonds is 7.